The number of hydrogen-bond acceptors (Lipinski definition) is 3. The molecule has 0 aromatic heterocycles. The fourth-order valence-corrected chi connectivity index (χ4v) is 2.18. The van der Waals surface area contributed by atoms with Crippen LogP contribution < -0.4 is 4.74 Å². The van der Waals surface area contributed by atoms with E-state index in [1.54, 1.807) is 13.0 Å². The Kier molecular flexibility index (Phi) is 3.69. The van der Waals surface area contributed by atoms with Gasteiger partial charge in [0.15, 0.2) is 0 Å². The van der Waals surface area contributed by atoms with Gasteiger partial charge in [0.2, 0.25) is 0 Å². The number of nitrogens with zero attached hydrogens (tertiary/aromatic N) is 1. The molecule has 1 aliphatic heterocycles. The average Bonchev–Trinajstić information content (AvgIpc) is 2.18. The van der Waals surface area contributed by atoms with Crippen LogP contribution in [-0.4, -0.2) is 36.9 Å². The van der Waals surface area contributed by atoms with E-state index in [-0.39, 0.29) is 11.9 Å². The van der Waals surface area contributed by atoms with Crippen LogP contribution in [0, 0.1) is 0 Å². The monoisotopic (exact) mass is 253 g/mol. The Hall–Kier alpha value is -1.06. The number of rotatable bonds is 4. The first kappa shape index (κ1) is 12.4. The van der Waals surface area contributed by atoms with Crippen LogP contribution in [0.3, 0.4) is 0 Å². The molecule has 3 nitrogen and oxygen atoms in total. The van der Waals surface area contributed by atoms with Gasteiger partial charge >= 0.3 is 0 Å². The number of carbonyl (C=O) groups is 1. The Balaban J connectivity index is 2.01. The molecule has 0 saturated carbocycles. The van der Waals surface area contributed by atoms with E-state index in [9.17, 15) is 4.79 Å². The summed E-state index contributed by atoms with van der Waals surface area (Å²) in [7, 11) is 2.05. The van der Waals surface area contributed by atoms with Crippen molar-refractivity contribution in [2.75, 3.05) is 20.1 Å². The van der Waals surface area contributed by atoms with Crippen molar-refractivity contribution in [3.05, 3.63) is 28.8 Å². The van der Waals surface area contributed by atoms with Gasteiger partial charge in [0.25, 0.3) is 0 Å². The van der Waals surface area contributed by atoms with Gasteiger partial charge in [-0.1, -0.05) is 17.7 Å². The first-order valence-electron chi connectivity index (χ1n) is 5.67. The molecule has 1 saturated heterocycles. The summed E-state index contributed by atoms with van der Waals surface area (Å²) in [6.45, 7) is 3.44. The maximum atomic E-state index is 11.0. The summed E-state index contributed by atoms with van der Waals surface area (Å²) in [5.74, 6) is 0.840. The largest absolute Gasteiger partial charge is 0.486 e. The van der Waals surface area contributed by atoms with Gasteiger partial charge in [-0.2, -0.15) is 0 Å². The van der Waals surface area contributed by atoms with Crippen molar-refractivity contribution >= 4 is 17.4 Å². The summed E-state index contributed by atoms with van der Waals surface area (Å²) in [4.78, 5) is 13.2. The van der Waals surface area contributed by atoms with E-state index in [2.05, 4.69) is 11.9 Å². The number of benzene rings is 1. The highest BCUT2D eigenvalue weighted by molar-refractivity contribution is 6.32. The summed E-state index contributed by atoms with van der Waals surface area (Å²) in [6.07, 6.45) is 0.655. The van der Waals surface area contributed by atoms with E-state index in [1.165, 1.54) is 0 Å². The highest BCUT2D eigenvalue weighted by Crippen LogP contribution is 2.28. The molecule has 1 aromatic rings. The zero-order valence-corrected chi connectivity index (χ0v) is 10.8. The lowest BCUT2D eigenvalue weighted by molar-refractivity contribution is -0.116. The number of hydrogen-bond donors (Lipinski definition) is 0. The topological polar surface area (TPSA) is 29.5 Å². The van der Waals surface area contributed by atoms with Crippen molar-refractivity contribution in [2.24, 2.45) is 0 Å². The second kappa shape index (κ2) is 5.07. The summed E-state index contributed by atoms with van der Waals surface area (Å²) in [5.41, 5.74) is 0.931. The minimum atomic E-state index is 0.135. The average molecular weight is 254 g/mol. The standard InChI is InChI=1S/C13H16ClNO2/c1-9(16)5-10-3-4-13(12(14)6-10)17-11-7-15(2)8-11/h3-4,6,11H,5,7-8H2,1-2H3. The molecular weight excluding hydrogens is 238 g/mol. The van der Waals surface area contributed by atoms with Crippen molar-refractivity contribution in [1.29, 1.82) is 0 Å². The van der Waals surface area contributed by atoms with E-state index in [0.29, 0.717) is 17.2 Å². The number of Topliss-reactive ketones (excluding diaryl/α,β-unsaturated/α-hetero) is 1. The molecule has 0 bridgehead atoms. The van der Waals surface area contributed by atoms with Crippen LogP contribution >= 0.6 is 11.6 Å². The number of ketones is 1. The van der Waals surface area contributed by atoms with Crippen LogP contribution in [-0.2, 0) is 11.2 Å². The van der Waals surface area contributed by atoms with Gasteiger partial charge in [0.1, 0.15) is 17.6 Å². The molecule has 0 N–H and O–H groups in total. The Morgan fingerprint density at radius 2 is 2.24 bits per heavy atom. The Labute approximate surface area is 106 Å². The minimum Gasteiger partial charge on any atom is -0.486 e. The lowest BCUT2D eigenvalue weighted by Gasteiger charge is -2.36. The van der Waals surface area contributed by atoms with E-state index >= 15 is 0 Å². The first-order chi connectivity index (χ1) is 8.04. The van der Waals surface area contributed by atoms with Gasteiger partial charge in [-0.05, 0) is 31.7 Å². The quantitative estimate of drug-likeness (QED) is 0.824. The van der Waals surface area contributed by atoms with E-state index < -0.39 is 0 Å². The number of likely N-dealkylation sites (N-methyl/N-ethyl adjacent to an activating group) is 1. The third-order valence-electron chi connectivity index (χ3n) is 2.77. The molecule has 92 valence electrons. The fourth-order valence-electron chi connectivity index (χ4n) is 1.93. The van der Waals surface area contributed by atoms with Crippen molar-refractivity contribution in [3.8, 4) is 5.75 Å². The first-order valence-corrected chi connectivity index (χ1v) is 6.05. The molecule has 1 fully saturated rings. The van der Waals surface area contributed by atoms with Gasteiger partial charge in [0, 0.05) is 19.5 Å². The Morgan fingerprint density at radius 3 is 2.76 bits per heavy atom. The number of carbonyl (C=O) groups excluding carboxylic acids is 1. The molecule has 0 amide bonds. The van der Waals surface area contributed by atoms with E-state index in [0.717, 1.165) is 18.7 Å². The van der Waals surface area contributed by atoms with Crippen molar-refractivity contribution in [1.82, 2.24) is 4.90 Å². The molecule has 2 rings (SSSR count). The van der Waals surface area contributed by atoms with Crippen LogP contribution in [0.5, 0.6) is 5.75 Å². The van der Waals surface area contributed by atoms with Crippen LogP contribution in [0.1, 0.15) is 12.5 Å². The highest BCUT2D eigenvalue weighted by Gasteiger charge is 2.25. The molecule has 0 unspecified atom stereocenters. The third kappa shape index (κ3) is 3.20. The molecule has 1 aliphatic rings. The molecule has 4 heteroatoms. The van der Waals surface area contributed by atoms with E-state index in [4.69, 9.17) is 16.3 Å². The minimum absolute atomic E-state index is 0.135. The van der Waals surface area contributed by atoms with Gasteiger partial charge in [-0.3, -0.25) is 9.69 Å². The maximum Gasteiger partial charge on any atom is 0.138 e. The van der Waals surface area contributed by atoms with Crippen LogP contribution in [0.4, 0.5) is 0 Å². The molecule has 0 spiro atoms. The number of likely N-dealkylation sites (tertiary alicyclic amines) is 1. The van der Waals surface area contributed by atoms with Crippen molar-refractivity contribution in [3.63, 3.8) is 0 Å². The Bertz CT molecular complexity index is 427. The molecule has 1 heterocycles. The molecule has 0 aliphatic carbocycles. The normalized spacial score (nSPS) is 16.6. The lowest BCUT2D eigenvalue weighted by Crippen LogP contribution is -2.51. The molecule has 1 aromatic carbocycles. The summed E-state index contributed by atoms with van der Waals surface area (Å²) < 4.78 is 5.75. The van der Waals surface area contributed by atoms with Gasteiger partial charge < -0.3 is 4.74 Å². The SMILES string of the molecule is CC(=O)Cc1ccc(OC2CN(C)C2)c(Cl)c1. The van der Waals surface area contributed by atoms with Crippen LogP contribution in [0.25, 0.3) is 0 Å². The second-order valence-electron chi connectivity index (χ2n) is 4.60. The lowest BCUT2D eigenvalue weighted by atomic mass is 10.1. The van der Waals surface area contributed by atoms with Crippen molar-refractivity contribution in [2.45, 2.75) is 19.4 Å². The predicted octanol–water partition coefficient (Wildman–Crippen LogP) is 2.16. The molecular formula is C13H16ClNO2. The highest BCUT2D eigenvalue weighted by atomic mass is 35.5. The number of halogens is 1. The molecule has 0 radical (unpaired) electrons. The number of ether oxygens (including phenoxy) is 1. The molecule has 17 heavy (non-hydrogen) atoms. The van der Waals surface area contributed by atoms with Gasteiger partial charge in [-0.25, -0.2) is 0 Å². The zero-order chi connectivity index (χ0) is 12.4. The maximum absolute atomic E-state index is 11.0. The Morgan fingerprint density at radius 1 is 1.53 bits per heavy atom. The van der Waals surface area contributed by atoms with Crippen LogP contribution in [0.15, 0.2) is 18.2 Å². The summed E-state index contributed by atoms with van der Waals surface area (Å²) in [5, 5.41) is 0.582. The van der Waals surface area contributed by atoms with Gasteiger partial charge in [0.05, 0.1) is 5.02 Å². The fraction of sp³-hybridized carbons (Fsp3) is 0.462. The molecule has 0 atom stereocenters. The van der Waals surface area contributed by atoms with Crippen LogP contribution in [0.2, 0.25) is 5.02 Å². The van der Waals surface area contributed by atoms with Gasteiger partial charge in [-0.15, -0.1) is 0 Å². The summed E-state index contributed by atoms with van der Waals surface area (Å²) >= 11 is 6.12. The second-order valence-corrected chi connectivity index (χ2v) is 5.01. The smallest absolute Gasteiger partial charge is 0.138 e. The summed E-state index contributed by atoms with van der Waals surface area (Å²) in [6, 6.07) is 5.55. The zero-order valence-electron chi connectivity index (χ0n) is 10.1. The van der Waals surface area contributed by atoms with E-state index in [1.807, 2.05) is 12.1 Å². The predicted molar refractivity (Wildman–Crippen MR) is 67.8 cm³/mol. The van der Waals surface area contributed by atoms with Crippen molar-refractivity contribution < 1.29 is 9.53 Å². The third-order valence-corrected chi connectivity index (χ3v) is 3.07.